The van der Waals surface area contributed by atoms with Crippen LogP contribution in [-0.2, 0) is 13.0 Å². The fourth-order valence-electron chi connectivity index (χ4n) is 3.58. The first kappa shape index (κ1) is 19.2. The topological polar surface area (TPSA) is 41.3 Å². The maximum absolute atomic E-state index is 14.1. The van der Waals surface area contributed by atoms with Crippen LogP contribution in [0.1, 0.15) is 24.2 Å². The van der Waals surface area contributed by atoms with E-state index in [4.69, 9.17) is 4.52 Å². The van der Waals surface area contributed by atoms with E-state index in [0.29, 0.717) is 17.3 Å². The molecule has 2 aliphatic rings. The molecule has 7 heteroatoms. The van der Waals surface area contributed by atoms with Crippen molar-refractivity contribution >= 4 is 24.8 Å². The predicted molar refractivity (Wildman–Crippen MR) is 96.4 cm³/mol. The van der Waals surface area contributed by atoms with Crippen molar-refractivity contribution in [3.05, 3.63) is 41.4 Å². The molecule has 1 N–H and O–H groups in total. The average Bonchev–Trinajstić information content (AvgIpc) is 2.99. The van der Waals surface area contributed by atoms with Crippen LogP contribution in [0.25, 0.3) is 11.3 Å². The van der Waals surface area contributed by atoms with Gasteiger partial charge in [-0.25, -0.2) is 4.39 Å². The molecule has 2 aliphatic heterocycles. The monoisotopic (exact) mass is 373 g/mol. The van der Waals surface area contributed by atoms with Crippen LogP contribution in [0.4, 0.5) is 4.39 Å². The number of nitrogens with one attached hydrogen (secondary N) is 1. The fraction of sp³-hybridized carbons (Fsp3) is 0.471. The molecule has 0 saturated carbocycles. The highest BCUT2D eigenvalue weighted by molar-refractivity contribution is 5.85. The second-order valence-electron chi connectivity index (χ2n) is 6.11. The van der Waals surface area contributed by atoms with Gasteiger partial charge in [-0.3, -0.25) is 4.90 Å². The summed E-state index contributed by atoms with van der Waals surface area (Å²) in [5.41, 5.74) is 2.28. The Morgan fingerprint density at radius 1 is 1.17 bits per heavy atom. The van der Waals surface area contributed by atoms with Crippen LogP contribution in [0.5, 0.6) is 0 Å². The van der Waals surface area contributed by atoms with Crippen LogP contribution in [0.3, 0.4) is 0 Å². The zero-order valence-electron chi connectivity index (χ0n) is 13.3. The zero-order chi connectivity index (χ0) is 14.9. The van der Waals surface area contributed by atoms with E-state index in [1.54, 1.807) is 12.1 Å². The number of aromatic nitrogens is 1. The Morgan fingerprint density at radius 2 is 1.92 bits per heavy atom. The maximum atomic E-state index is 14.1. The number of fused-ring (bicyclic) bond motifs is 1. The molecule has 0 unspecified atom stereocenters. The molecule has 0 radical (unpaired) electrons. The second kappa shape index (κ2) is 8.30. The first-order valence-corrected chi connectivity index (χ1v) is 8.00. The van der Waals surface area contributed by atoms with Gasteiger partial charge in [0, 0.05) is 36.7 Å². The van der Waals surface area contributed by atoms with Crippen molar-refractivity contribution in [3.63, 3.8) is 0 Å². The van der Waals surface area contributed by atoms with Gasteiger partial charge in [-0.15, -0.1) is 24.8 Å². The predicted octanol–water partition coefficient (Wildman–Crippen LogP) is 3.43. The quantitative estimate of drug-likeness (QED) is 0.875. The Labute approximate surface area is 153 Å². The van der Waals surface area contributed by atoms with Crippen molar-refractivity contribution in [2.45, 2.75) is 31.8 Å². The van der Waals surface area contributed by atoms with Gasteiger partial charge >= 0.3 is 0 Å². The smallest absolute Gasteiger partial charge is 0.143 e. The van der Waals surface area contributed by atoms with Gasteiger partial charge in [0.05, 0.1) is 0 Å². The molecule has 1 aromatic heterocycles. The summed E-state index contributed by atoms with van der Waals surface area (Å²) in [7, 11) is 0. The number of benzene rings is 1. The van der Waals surface area contributed by atoms with Gasteiger partial charge in [0.25, 0.3) is 0 Å². The standard InChI is InChI=1S/C17H20FN3O.2ClH/c18-15-4-2-1-3-13(15)17-14-11-21(10-7-16(14)22-20-17)12-5-8-19-9-6-12;;/h1-4,12,19H,5-11H2;2*1H. The Bertz CT molecular complexity index is 674. The molecular formula is C17H22Cl2FN3O. The van der Waals surface area contributed by atoms with Crippen molar-refractivity contribution in [1.29, 1.82) is 0 Å². The highest BCUT2D eigenvalue weighted by atomic mass is 35.5. The van der Waals surface area contributed by atoms with Gasteiger partial charge in [0.1, 0.15) is 17.3 Å². The number of hydrogen-bond acceptors (Lipinski definition) is 4. The van der Waals surface area contributed by atoms with Crippen LogP contribution in [-0.4, -0.2) is 35.7 Å². The van der Waals surface area contributed by atoms with E-state index in [2.05, 4.69) is 15.4 Å². The van der Waals surface area contributed by atoms with Crippen molar-refractivity contribution in [2.75, 3.05) is 19.6 Å². The Morgan fingerprint density at radius 3 is 2.67 bits per heavy atom. The molecule has 3 heterocycles. The molecule has 4 rings (SSSR count). The lowest BCUT2D eigenvalue weighted by Gasteiger charge is -2.36. The number of nitrogens with zero attached hydrogens (tertiary/aromatic N) is 2. The van der Waals surface area contributed by atoms with Gasteiger partial charge in [-0.05, 0) is 38.1 Å². The number of piperidine rings is 1. The van der Waals surface area contributed by atoms with Crippen molar-refractivity contribution in [1.82, 2.24) is 15.4 Å². The highest BCUT2D eigenvalue weighted by Gasteiger charge is 2.30. The molecule has 0 amide bonds. The third-order valence-electron chi connectivity index (χ3n) is 4.81. The molecule has 132 valence electrons. The van der Waals surface area contributed by atoms with Gasteiger partial charge < -0.3 is 9.84 Å². The van der Waals surface area contributed by atoms with Crippen LogP contribution >= 0.6 is 24.8 Å². The van der Waals surface area contributed by atoms with Crippen LogP contribution in [0.2, 0.25) is 0 Å². The van der Waals surface area contributed by atoms with Gasteiger partial charge in [-0.2, -0.15) is 0 Å². The summed E-state index contributed by atoms with van der Waals surface area (Å²) < 4.78 is 19.5. The van der Waals surface area contributed by atoms with Crippen molar-refractivity contribution in [3.8, 4) is 11.3 Å². The Balaban J connectivity index is 0.00000104. The second-order valence-corrected chi connectivity index (χ2v) is 6.11. The van der Waals surface area contributed by atoms with E-state index in [1.807, 2.05) is 6.07 Å². The maximum Gasteiger partial charge on any atom is 0.143 e. The SMILES string of the molecule is Cl.Cl.Fc1ccccc1-c1noc2c1CN(C1CCNCC1)CC2. The van der Waals surface area contributed by atoms with Gasteiger partial charge in [-0.1, -0.05) is 17.3 Å². The molecular weight excluding hydrogens is 352 g/mol. The first-order valence-electron chi connectivity index (χ1n) is 8.00. The molecule has 1 fully saturated rings. The Hall–Kier alpha value is -1.14. The molecule has 0 aliphatic carbocycles. The van der Waals surface area contributed by atoms with E-state index in [0.717, 1.165) is 43.9 Å². The summed E-state index contributed by atoms with van der Waals surface area (Å²) in [6.45, 7) is 3.98. The molecule has 1 aromatic carbocycles. The lowest BCUT2D eigenvalue weighted by Crippen LogP contribution is -2.45. The average molecular weight is 374 g/mol. The molecule has 24 heavy (non-hydrogen) atoms. The van der Waals surface area contributed by atoms with Crippen LogP contribution in [0.15, 0.2) is 28.8 Å². The number of rotatable bonds is 2. The largest absolute Gasteiger partial charge is 0.360 e. The molecule has 0 atom stereocenters. The normalized spacial score (nSPS) is 18.4. The minimum Gasteiger partial charge on any atom is -0.360 e. The summed E-state index contributed by atoms with van der Waals surface area (Å²) in [6, 6.07) is 7.40. The number of halogens is 3. The molecule has 1 saturated heterocycles. The molecule has 2 aromatic rings. The van der Waals surface area contributed by atoms with E-state index >= 15 is 0 Å². The van der Waals surface area contributed by atoms with Crippen LogP contribution in [0, 0.1) is 5.82 Å². The van der Waals surface area contributed by atoms with Crippen molar-refractivity contribution in [2.24, 2.45) is 0 Å². The summed E-state index contributed by atoms with van der Waals surface area (Å²) >= 11 is 0. The van der Waals surface area contributed by atoms with E-state index in [9.17, 15) is 4.39 Å². The van der Waals surface area contributed by atoms with Gasteiger partial charge in [0.2, 0.25) is 0 Å². The molecule has 4 nitrogen and oxygen atoms in total. The summed E-state index contributed by atoms with van der Waals surface area (Å²) in [5.74, 6) is 0.682. The minimum absolute atomic E-state index is 0. The lowest BCUT2D eigenvalue weighted by molar-refractivity contribution is 0.141. The third kappa shape index (κ3) is 3.59. The highest BCUT2D eigenvalue weighted by Crippen LogP contribution is 2.32. The van der Waals surface area contributed by atoms with E-state index < -0.39 is 0 Å². The van der Waals surface area contributed by atoms with Crippen molar-refractivity contribution < 1.29 is 8.91 Å². The van der Waals surface area contributed by atoms with Crippen LogP contribution < -0.4 is 5.32 Å². The first-order chi connectivity index (χ1) is 10.8. The summed E-state index contributed by atoms with van der Waals surface area (Å²) in [6.07, 6.45) is 3.21. The van der Waals surface area contributed by atoms with E-state index in [1.165, 1.54) is 18.9 Å². The lowest BCUT2D eigenvalue weighted by atomic mass is 9.97. The van der Waals surface area contributed by atoms with Gasteiger partial charge in [0.15, 0.2) is 0 Å². The number of hydrogen-bond donors (Lipinski definition) is 1. The summed E-state index contributed by atoms with van der Waals surface area (Å²) in [4.78, 5) is 2.50. The zero-order valence-corrected chi connectivity index (χ0v) is 15.0. The van der Waals surface area contributed by atoms with E-state index in [-0.39, 0.29) is 30.6 Å². The minimum atomic E-state index is -0.238. The third-order valence-corrected chi connectivity index (χ3v) is 4.81. The Kier molecular flexibility index (Phi) is 6.63. The molecule has 0 spiro atoms. The fourth-order valence-corrected chi connectivity index (χ4v) is 3.58. The molecule has 0 bridgehead atoms. The summed E-state index contributed by atoms with van der Waals surface area (Å²) in [5, 5.41) is 7.56.